The van der Waals surface area contributed by atoms with E-state index in [9.17, 15) is 0 Å². The maximum Gasteiger partial charge on any atom is 0 e. The zero-order valence-corrected chi connectivity index (χ0v) is 11.3. The molecule has 0 amide bonds. The van der Waals surface area contributed by atoms with Gasteiger partial charge in [-0.3, -0.25) is 0 Å². The van der Waals surface area contributed by atoms with Gasteiger partial charge >= 0.3 is 0 Å². The SMILES string of the molecule is Cc1[c-]cc2cc3ccccc3cc2c1.[Ir]. The van der Waals surface area contributed by atoms with Gasteiger partial charge in [0.05, 0.1) is 0 Å². The van der Waals surface area contributed by atoms with E-state index >= 15 is 0 Å². The Hall–Kier alpha value is -1.17. The first-order valence-corrected chi connectivity index (χ1v) is 5.14. The predicted molar refractivity (Wildman–Crippen MR) is 65.0 cm³/mol. The Morgan fingerprint density at radius 1 is 0.812 bits per heavy atom. The van der Waals surface area contributed by atoms with Crippen molar-refractivity contribution in [1.29, 1.82) is 0 Å². The molecule has 0 bridgehead atoms. The Labute approximate surface area is 109 Å². The summed E-state index contributed by atoms with van der Waals surface area (Å²) in [6, 6.07) is 20.4. The van der Waals surface area contributed by atoms with Crippen molar-refractivity contribution in [3.05, 3.63) is 60.2 Å². The molecule has 3 aromatic rings. The van der Waals surface area contributed by atoms with Gasteiger partial charge in [0.1, 0.15) is 0 Å². The van der Waals surface area contributed by atoms with Gasteiger partial charge in [0.25, 0.3) is 0 Å². The first-order valence-electron chi connectivity index (χ1n) is 5.14. The molecule has 0 aliphatic heterocycles. The second-order valence-electron chi connectivity index (χ2n) is 3.94. The average molecular weight is 383 g/mol. The topological polar surface area (TPSA) is 0 Å². The van der Waals surface area contributed by atoms with E-state index in [0.29, 0.717) is 0 Å². The van der Waals surface area contributed by atoms with Crippen LogP contribution in [-0.4, -0.2) is 0 Å². The molecule has 3 aromatic carbocycles. The van der Waals surface area contributed by atoms with E-state index in [1.165, 1.54) is 27.1 Å². The summed E-state index contributed by atoms with van der Waals surface area (Å²) in [5.74, 6) is 0. The van der Waals surface area contributed by atoms with Gasteiger partial charge in [-0.1, -0.05) is 37.3 Å². The first-order chi connectivity index (χ1) is 7.33. The summed E-state index contributed by atoms with van der Waals surface area (Å²) in [6.45, 7) is 2.08. The third kappa shape index (κ3) is 1.89. The summed E-state index contributed by atoms with van der Waals surface area (Å²) >= 11 is 0. The summed E-state index contributed by atoms with van der Waals surface area (Å²) in [5.41, 5.74) is 1.19. The van der Waals surface area contributed by atoms with E-state index in [4.69, 9.17) is 0 Å². The van der Waals surface area contributed by atoms with Crippen molar-refractivity contribution in [3.8, 4) is 0 Å². The molecule has 3 rings (SSSR count). The van der Waals surface area contributed by atoms with Crippen molar-refractivity contribution < 1.29 is 20.1 Å². The van der Waals surface area contributed by atoms with E-state index in [-0.39, 0.29) is 20.1 Å². The number of benzene rings is 3. The molecule has 0 nitrogen and oxygen atoms in total. The fourth-order valence-corrected chi connectivity index (χ4v) is 1.99. The summed E-state index contributed by atoms with van der Waals surface area (Å²) in [7, 11) is 0. The van der Waals surface area contributed by atoms with Crippen LogP contribution in [0.15, 0.2) is 48.5 Å². The van der Waals surface area contributed by atoms with Crippen LogP contribution >= 0.6 is 0 Å². The van der Waals surface area contributed by atoms with Crippen LogP contribution in [0.1, 0.15) is 5.56 Å². The quantitative estimate of drug-likeness (QED) is 0.405. The van der Waals surface area contributed by atoms with Crippen LogP contribution in [0.25, 0.3) is 21.5 Å². The van der Waals surface area contributed by atoms with E-state index in [2.05, 4.69) is 61.5 Å². The molecule has 1 heteroatoms. The van der Waals surface area contributed by atoms with Crippen molar-refractivity contribution in [1.82, 2.24) is 0 Å². The average Bonchev–Trinajstić information content (AvgIpc) is 2.26. The number of hydrogen-bond donors (Lipinski definition) is 0. The molecule has 0 aliphatic rings. The molecule has 0 saturated heterocycles. The van der Waals surface area contributed by atoms with Gasteiger partial charge in [0.2, 0.25) is 0 Å². The molecule has 0 spiro atoms. The molecular weight excluding hydrogens is 372 g/mol. The first kappa shape index (κ1) is 11.3. The number of fused-ring (bicyclic) bond motifs is 2. The third-order valence-electron chi connectivity index (χ3n) is 2.78. The van der Waals surface area contributed by atoms with Crippen LogP contribution in [0.5, 0.6) is 0 Å². The van der Waals surface area contributed by atoms with Crippen LogP contribution in [0.2, 0.25) is 0 Å². The second kappa shape index (κ2) is 4.37. The normalized spacial score (nSPS) is 10.3. The van der Waals surface area contributed by atoms with Gasteiger partial charge in [-0.2, -0.15) is 23.8 Å². The molecule has 1 radical (unpaired) electrons. The summed E-state index contributed by atoms with van der Waals surface area (Å²) in [4.78, 5) is 0. The van der Waals surface area contributed by atoms with Crippen molar-refractivity contribution in [3.63, 3.8) is 0 Å². The number of hydrogen-bond acceptors (Lipinski definition) is 0. The predicted octanol–water partition coefficient (Wildman–Crippen LogP) is 4.10. The van der Waals surface area contributed by atoms with Crippen molar-refractivity contribution >= 4 is 21.5 Å². The standard InChI is InChI=1S/C15H11.Ir/c1-11-6-7-14-9-12-4-2-3-5-13(12)10-15(14)8-11;/h2-5,7-10H,1H3;/q-1;. The van der Waals surface area contributed by atoms with Gasteiger partial charge in [-0.05, 0) is 10.8 Å². The van der Waals surface area contributed by atoms with E-state index in [1.807, 2.05) is 0 Å². The largest absolute Gasteiger partial charge is 0.180 e. The zero-order chi connectivity index (χ0) is 10.3. The fraction of sp³-hybridized carbons (Fsp3) is 0.0667. The van der Waals surface area contributed by atoms with Crippen LogP contribution in [0.3, 0.4) is 0 Å². The maximum atomic E-state index is 3.24. The smallest absolute Gasteiger partial charge is 0 e. The molecule has 81 valence electrons. The number of rotatable bonds is 0. The minimum Gasteiger partial charge on any atom is -0.180 e. The Morgan fingerprint density at radius 3 is 2.12 bits per heavy atom. The van der Waals surface area contributed by atoms with Crippen LogP contribution in [0.4, 0.5) is 0 Å². The molecule has 0 heterocycles. The van der Waals surface area contributed by atoms with E-state index in [1.54, 1.807) is 0 Å². The van der Waals surface area contributed by atoms with Gasteiger partial charge in [0, 0.05) is 20.1 Å². The monoisotopic (exact) mass is 384 g/mol. The second-order valence-corrected chi connectivity index (χ2v) is 3.94. The molecule has 0 aliphatic carbocycles. The van der Waals surface area contributed by atoms with Gasteiger partial charge in [-0.25, -0.2) is 0 Å². The molecule has 0 saturated carbocycles. The molecular formula is C15H11Ir-. The van der Waals surface area contributed by atoms with Crippen LogP contribution in [-0.2, 0) is 20.1 Å². The van der Waals surface area contributed by atoms with Crippen LogP contribution < -0.4 is 0 Å². The van der Waals surface area contributed by atoms with Gasteiger partial charge in [-0.15, -0.1) is 16.8 Å². The minimum atomic E-state index is 0. The van der Waals surface area contributed by atoms with Crippen molar-refractivity contribution in [2.24, 2.45) is 0 Å². The fourth-order valence-electron chi connectivity index (χ4n) is 1.99. The Bertz CT molecular complexity index is 641. The Morgan fingerprint density at radius 2 is 1.44 bits per heavy atom. The van der Waals surface area contributed by atoms with E-state index < -0.39 is 0 Å². The van der Waals surface area contributed by atoms with Crippen molar-refractivity contribution in [2.45, 2.75) is 6.92 Å². The maximum absolute atomic E-state index is 3.24. The van der Waals surface area contributed by atoms with E-state index in [0.717, 1.165) is 0 Å². The molecule has 0 fully saturated rings. The van der Waals surface area contributed by atoms with Crippen molar-refractivity contribution in [2.75, 3.05) is 0 Å². The Kier molecular flexibility index (Phi) is 3.09. The summed E-state index contributed by atoms with van der Waals surface area (Å²) in [6.07, 6.45) is 0. The molecule has 0 N–H and O–H groups in total. The molecule has 0 unspecified atom stereocenters. The molecule has 0 atom stereocenters. The van der Waals surface area contributed by atoms with Crippen LogP contribution in [0, 0.1) is 13.0 Å². The minimum absolute atomic E-state index is 0. The van der Waals surface area contributed by atoms with Gasteiger partial charge in [0.15, 0.2) is 0 Å². The Balaban J connectivity index is 0.000000963. The summed E-state index contributed by atoms with van der Waals surface area (Å²) < 4.78 is 0. The van der Waals surface area contributed by atoms with Gasteiger partial charge < -0.3 is 0 Å². The third-order valence-corrected chi connectivity index (χ3v) is 2.78. The number of aryl methyl sites for hydroxylation is 1. The molecule has 16 heavy (non-hydrogen) atoms. The molecule has 0 aromatic heterocycles. The summed E-state index contributed by atoms with van der Waals surface area (Å²) in [5, 5.41) is 5.15. The zero-order valence-electron chi connectivity index (χ0n) is 8.95.